The quantitative estimate of drug-likeness (QED) is 0.642. The standard InChI is InChI=1S/C21H23F2N5O/c1-13-14(2)28(15-6-7-16(22)17(23)11-15)21-19(13)20(25-12-26-21)24-8-4-10-27-9-3-5-18(27)29/h6-7,11-12H,3-5,8-10H2,1-2H3,(H,24,25,26). The van der Waals surface area contributed by atoms with Crippen LogP contribution in [0.5, 0.6) is 0 Å². The smallest absolute Gasteiger partial charge is 0.222 e. The average Bonchev–Trinajstić information content (AvgIpc) is 3.23. The third-order valence-electron chi connectivity index (χ3n) is 5.52. The van der Waals surface area contributed by atoms with Gasteiger partial charge in [0.1, 0.15) is 12.1 Å². The van der Waals surface area contributed by atoms with Crippen molar-refractivity contribution in [3.05, 3.63) is 47.4 Å². The Hall–Kier alpha value is -3.03. The Kier molecular flexibility index (Phi) is 5.17. The number of nitrogens with zero attached hydrogens (tertiary/aromatic N) is 4. The molecule has 152 valence electrons. The molecule has 0 radical (unpaired) electrons. The van der Waals surface area contributed by atoms with Crippen molar-refractivity contribution in [2.45, 2.75) is 33.1 Å². The van der Waals surface area contributed by atoms with Crippen LogP contribution in [0.3, 0.4) is 0 Å². The first-order chi connectivity index (χ1) is 14.0. The van der Waals surface area contributed by atoms with E-state index in [1.807, 2.05) is 23.3 Å². The van der Waals surface area contributed by atoms with Crippen molar-refractivity contribution in [2.75, 3.05) is 25.0 Å². The van der Waals surface area contributed by atoms with Gasteiger partial charge >= 0.3 is 0 Å². The summed E-state index contributed by atoms with van der Waals surface area (Å²) in [5, 5.41) is 4.20. The second-order valence-electron chi connectivity index (χ2n) is 7.33. The van der Waals surface area contributed by atoms with Crippen LogP contribution in [0.25, 0.3) is 16.7 Å². The highest BCUT2D eigenvalue weighted by atomic mass is 19.2. The Morgan fingerprint density at radius 1 is 1.17 bits per heavy atom. The number of nitrogens with one attached hydrogen (secondary N) is 1. The number of aryl methyl sites for hydroxylation is 1. The van der Waals surface area contributed by atoms with Gasteiger partial charge in [-0.3, -0.25) is 9.36 Å². The lowest BCUT2D eigenvalue weighted by atomic mass is 10.2. The first kappa shape index (κ1) is 19.3. The maximum Gasteiger partial charge on any atom is 0.222 e. The van der Waals surface area contributed by atoms with Crippen LogP contribution in [-0.2, 0) is 4.79 Å². The predicted molar refractivity (Wildman–Crippen MR) is 107 cm³/mol. The van der Waals surface area contributed by atoms with E-state index in [-0.39, 0.29) is 5.91 Å². The van der Waals surface area contributed by atoms with Crippen LogP contribution in [0.4, 0.5) is 14.6 Å². The zero-order valence-electron chi connectivity index (χ0n) is 16.5. The van der Waals surface area contributed by atoms with Crippen LogP contribution >= 0.6 is 0 Å². The summed E-state index contributed by atoms with van der Waals surface area (Å²) < 4.78 is 29.0. The Bertz CT molecular complexity index is 1080. The van der Waals surface area contributed by atoms with Crippen molar-refractivity contribution in [3.8, 4) is 5.69 Å². The molecule has 1 saturated heterocycles. The molecule has 2 aromatic heterocycles. The molecule has 1 aromatic carbocycles. The molecule has 1 N–H and O–H groups in total. The average molecular weight is 399 g/mol. The fraction of sp³-hybridized carbons (Fsp3) is 0.381. The molecule has 1 aliphatic heterocycles. The summed E-state index contributed by atoms with van der Waals surface area (Å²) in [6.45, 7) is 6.12. The molecule has 1 fully saturated rings. The number of carbonyl (C=O) groups is 1. The van der Waals surface area contributed by atoms with E-state index in [2.05, 4.69) is 15.3 Å². The Morgan fingerprint density at radius 2 is 2.00 bits per heavy atom. The second-order valence-corrected chi connectivity index (χ2v) is 7.33. The summed E-state index contributed by atoms with van der Waals surface area (Å²) in [6.07, 6.45) is 3.87. The summed E-state index contributed by atoms with van der Waals surface area (Å²) in [5.41, 5.74) is 3.01. The Labute approximate surface area is 167 Å². The van der Waals surface area contributed by atoms with E-state index in [0.29, 0.717) is 30.1 Å². The van der Waals surface area contributed by atoms with E-state index in [4.69, 9.17) is 0 Å². The molecule has 0 saturated carbocycles. The summed E-state index contributed by atoms with van der Waals surface area (Å²) >= 11 is 0. The lowest BCUT2D eigenvalue weighted by Crippen LogP contribution is -2.27. The third-order valence-corrected chi connectivity index (χ3v) is 5.52. The largest absolute Gasteiger partial charge is 0.369 e. The van der Waals surface area contributed by atoms with Gasteiger partial charge in [-0.25, -0.2) is 18.7 Å². The van der Waals surface area contributed by atoms with E-state index in [1.165, 1.54) is 18.5 Å². The first-order valence-corrected chi connectivity index (χ1v) is 9.77. The molecule has 1 amide bonds. The highest BCUT2D eigenvalue weighted by Crippen LogP contribution is 2.31. The van der Waals surface area contributed by atoms with Gasteiger partial charge in [-0.1, -0.05) is 0 Å². The maximum atomic E-state index is 13.8. The Balaban J connectivity index is 1.59. The van der Waals surface area contributed by atoms with E-state index >= 15 is 0 Å². The van der Waals surface area contributed by atoms with Crippen LogP contribution in [-0.4, -0.2) is 45.0 Å². The van der Waals surface area contributed by atoms with Crippen molar-refractivity contribution < 1.29 is 13.6 Å². The van der Waals surface area contributed by atoms with Gasteiger partial charge in [-0.15, -0.1) is 0 Å². The minimum atomic E-state index is -0.898. The van der Waals surface area contributed by atoms with Gasteiger partial charge in [0.2, 0.25) is 5.91 Å². The van der Waals surface area contributed by atoms with E-state index in [9.17, 15) is 13.6 Å². The molecular formula is C21H23F2N5O. The van der Waals surface area contributed by atoms with Crippen molar-refractivity contribution in [1.29, 1.82) is 0 Å². The van der Waals surface area contributed by atoms with Crippen molar-refractivity contribution >= 4 is 22.8 Å². The van der Waals surface area contributed by atoms with E-state index < -0.39 is 11.6 Å². The fourth-order valence-electron chi connectivity index (χ4n) is 3.89. The zero-order chi connectivity index (χ0) is 20.5. The van der Waals surface area contributed by atoms with Gasteiger partial charge in [0.05, 0.1) is 11.1 Å². The molecule has 0 bridgehead atoms. The SMILES string of the molecule is Cc1c(C)n(-c2ccc(F)c(F)c2)c2ncnc(NCCCN3CCCC3=O)c12. The number of benzene rings is 1. The molecular weight excluding hydrogens is 376 g/mol. The van der Waals surface area contributed by atoms with Crippen molar-refractivity contribution in [3.63, 3.8) is 0 Å². The monoisotopic (exact) mass is 399 g/mol. The molecule has 3 heterocycles. The molecule has 0 aliphatic carbocycles. The van der Waals surface area contributed by atoms with Crippen LogP contribution in [0.15, 0.2) is 24.5 Å². The molecule has 3 aromatic rings. The molecule has 6 nitrogen and oxygen atoms in total. The number of carbonyl (C=O) groups excluding carboxylic acids is 1. The zero-order valence-corrected chi connectivity index (χ0v) is 16.5. The second kappa shape index (κ2) is 7.77. The molecule has 0 spiro atoms. The fourth-order valence-corrected chi connectivity index (χ4v) is 3.89. The molecule has 0 unspecified atom stereocenters. The number of likely N-dealkylation sites (tertiary alicyclic amines) is 1. The maximum absolute atomic E-state index is 13.8. The topological polar surface area (TPSA) is 63.1 Å². The molecule has 4 rings (SSSR count). The highest BCUT2D eigenvalue weighted by molar-refractivity contribution is 5.93. The molecule has 1 aliphatic rings. The first-order valence-electron chi connectivity index (χ1n) is 9.77. The summed E-state index contributed by atoms with van der Waals surface area (Å²) in [4.78, 5) is 22.4. The number of anilines is 1. The van der Waals surface area contributed by atoms with Crippen molar-refractivity contribution in [1.82, 2.24) is 19.4 Å². The summed E-state index contributed by atoms with van der Waals surface area (Å²) in [6, 6.07) is 3.82. The van der Waals surface area contributed by atoms with Crippen LogP contribution in [0.2, 0.25) is 0 Å². The van der Waals surface area contributed by atoms with Gasteiger partial charge < -0.3 is 10.2 Å². The van der Waals surface area contributed by atoms with Crippen LogP contribution < -0.4 is 5.32 Å². The number of aromatic nitrogens is 3. The van der Waals surface area contributed by atoms with Gasteiger partial charge in [0.25, 0.3) is 0 Å². The number of rotatable bonds is 6. The number of hydrogen-bond donors (Lipinski definition) is 1. The van der Waals surface area contributed by atoms with Gasteiger partial charge in [0, 0.05) is 37.8 Å². The number of amides is 1. The minimum Gasteiger partial charge on any atom is -0.369 e. The minimum absolute atomic E-state index is 0.226. The lowest BCUT2D eigenvalue weighted by molar-refractivity contribution is -0.127. The van der Waals surface area contributed by atoms with Gasteiger partial charge in [0.15, 0.2) is 17.3 Å². The predicted octanol–water partition coefficient (Wildman–Crippen LogP) is 3.74. The van der Waals surface area contributed by atoms with Crippen molar-refractivity contribution in [2.24, 2.45) is 0 Å². The summed E-state index contributed by atoms with van der Waals surface area (Å²) in [5.74, 6) is -0.854. The number of hydrogen-bond acceptors (Lipinski definition) is 4. The number of halogens is 2. The van der Waals surface area contributed by atoms with E-state index in [1.54, 1.807) is 0 Å². The third kappa shape index (κ3) is 3.54. The molecule has 29 heavy (non-hydrogen) atoms. The lowest BCUT2D eigenvalue weighted by Gasteiger charge is -2.15. The van der Waals surface area contributed by atoms with Crippen LogP contribution in [0.1, 0.15) is 30.5 Å². The van der Waals surface area contributed by atoms with E-state index in [0.717, 1.165) is 48.6 Å². The molecule has 8 heteroatoms. The molecule has 0 atom stereocenters. The van der Waals surface area contributed by atoms with Gasteiger partial charge in [-0.2, -0.15) is 0 Å². The number of fused-ring (bicyclic) bond motifs is 1. The summed E-state index contributed by atoms with van der Waals surface area (Å²) in [7, 11) is 0. The highest BCUT2D eigenvalue weighted by Gasteiger charge is 2.20. The Morgan fingerprint density at radius 3 is 2.72 bits per heavy atom. The van der Waals surface area contributed by atoms with Gasteiger partial charge in [-0.05, 0) is 44.4 Å². The van der Waals surface area contributed by atoms with Crippen LogP contribution in [0, 0.1) is 25.5 Å². The normalized spacial score (nSPS) is 14.2.